The van der Waals surface area contributed by atoms with E-state index >= 15 is 0 Å². The number of carbonyl (C=O) groups excluding carboxylic acids is 2. The zero-order valence-corrected chi connectivity index (χ0v) is 12.2. The van der Waals surface area contributed by atoms with Gasteiger partial charge in [0.25, 0.3) is 0 Å². The lowest BCUT2D eigenvalue weighted by Gasteiger charge is -2.16. The molecule has 1 saturated carbocycles. The molecule has 1 aliphatic rings. The predicted molar refractivity (Wildman–Crippen MR) is 75.8 cm³/mol. The largest absolute Gasteiger partial charge is 0.466 e. The van der Waals surface area contributed by atoms with Crippen LogP contribution in [0, 0.1) is 11.8 Å². The van der Waals surface area contributed by atoms with Gasteiger partial charge >= 0.3 is 5.97 Å². The summed E-state index contributed by atoms with van der Waals surface area (Å²) in [5.74, 6) is 0.460. The van der Waals surface area contributed by atoms with Gasteiger partial charge in [0, 0.05) is 18.8 Å². The van der Waals surface area contributed by atoms with Gasteiger partial charge in [-0.1, -0.05) is 25.5 Å². The monoisotopic (exact) mass is 266 g/mol. The van der Waals surface area contributed by atoms with Crippen molar-refractivity contribution in [2.24, 2.45) is 11.8 Å². The third-order valence-electron chi connectivity index (χ3n) is 3.81. The molecule has 0 aromatic heterocycles. The van der Waals surface area contributed by atoms with Crippen molar-refractivity contribution in [3.05, 3.63) is 12.2 Å². The topological polar surface area (TPSA) is 43.4 Å². The van der Waals surface area contributed by atoms with Crippen LogP contribution in [0.3, 0.4) is 0 Å². The summed E-state index contributed by atoms with van der Waals surface area (Å²) in [4.78, 5) is 23.6. The van der Waals surface area contributed by atoms with Gasteiger partial charge in [0.05, 0.1) is 6.61 Å². The normalized spacial score (nSPS) is 23.2. The van der Waals surface area contributed by atoms with Crippen molar-refractivity contribution in [2.75, 3.05) is 6.61 Å². The highest BCUT2D eigenvalue weighted by Crippen LogP contribution is 2.34. The van der Waals surface area contributed by atoms with Crippen LogP contribution in [0.4, 0.5) is 0 Å². The molecule has 2 unspecified atom stereocenters. The van der Waals surface area contributed by atoms with E-state index in [1.165, 1.54) is 0 Å². The Kier molecular flexibility index (Phi) is 7.46. The molecule has 2 atom stereocenters. The zero-order valence-electron chi connectivity index (χ0n) is 12.2. The number of ketones is 1. The number of ether oxygens (including phenoxy) is 1. The maximum absolute atomic E-state index is 11.8. The van der Waals surface area contributed by atoms with Gasteiger partial charge in [-0.15, -0.1) is 0 Å². The van der Waals surface area contributed by atoms with E-state index in [1.54, 1.807) is 0 Å². The fourth-order valence-corrected chi connectivity index (χ4v) is 2.66. The quantitative estimate of drug-likeness (QED) is 0.382. The number of unbranched alkanes of at least 4 members (excludes halogenated alkanes) is 1. The van der Waals surface area contributed by atoms with Crippen molar-refractivity contribution in [3.63, 3.8) is 0 Å². The van der Waals surface area contributed by atoms with Crippen LogP contribution in [0.25, 0.3) is 0 Å². The van der Waals surface area contributed by atoms with Crippen LogP contribution >= 0.6 is 0 Å². The first-order valence-corrected chi connectivity index (χ1v) is 7.48. The molecule has 3 heteroatoms. The van der Waals surface area contributed by atoms with E-state index in [0.29, 0.717) is 25.2 Å². The SMILES string of the molecule is CC=CCCC1C(=O)CCC1CC(=O)OCCCC. The molecular formula is C16H26O3. The van der Waals surface area contributed by atoms with Gasteiger partial charge in [-0.25, -0.2) is 0 Å². The highest BCUT2D eigenvalue weighted by atomic mass is 16.5. The molecule has 0 amide bonds. The third kappa shape index (κ3) is 5.58. The average Bonchev–Trinajstić information content (AvgIpc) is 2.72. The van der Waals surface area contributed by atoms with Crippen LogP contribution in [0.5, 0.6) is 0 Å². The molecule has 108 valence electrons. The Hall–Kier alpha value is -1.12. The Morgan fingerprint density at radius 3 is 2.95 bits per heavy atom. The first-order valence-electron chi connectivity index (χ1n) is 7.48. The maximum atomic E-state index is 11.8. The summed E-state index contributed by atoms with van der Waals surface area (Å²) in [6.07, 6.45) is 9.73. The predicted octanol–water partition coefficient (Wildman–Crippen LogP) is 3.67. The Labute approximate surface area is 116 Å². The van der Waals surface area contributed by atoms with Crippen molar-refractivity contribution in [1.82, 2.24) is 0 Å². The first kappa shape index (κ1) is 15.9. The minimum absolute atomic E-state index is 0.0647. The Morgan fingerprint density at radius 2 is 2.26 bits per heavy atom. The standard InChI is InChI=1S/C16H26O3/c1-3-5-7-8-14-13(9-10-15(14)17)12-16(18)19-11-6-4-2/h3,5,13-14H,4,6-12H2,1-2H3. The number of allylic oxidation sites excluding steroid dienone is 2. The summed E-state index contributed by atoms with van der Waals surface area (Å²) in [6.45, 7) is 4.57. The molecule has 0 saturated heterocycles. The van der Waals surface area contributed by atoms with E-state index < -0.39 is 0 Å². The molecule has 0 aliphatic heterocycles. The number of rotatable bonds is 8. The zero-order chi connectivity index (χ0) is 14.1. The summed E-state index contributed by atoms with van der Waals surface area (Å²) < 4.78 is 5.19. The second-order valence-corrected chi connectivity index (χ2v) is 5.30. The summed E-state index contributed by atoms with van der Waals surface area (Å²) in [5.41, 5.74) is 0. The lowest BCUT2D eigenvalue weighted by atomic mass is 9.88. The van der Waals surface area contributed by atoms with Gasteiger partial charge in [-0.05, 0) is 38.5 Å². The summed E-state index contributed by atoms with van der Waals surface area (Å²) >= 11 is 0. The van der Waals surface area contributed by atoms with Crippen molar-refractivity contribution >= 4 is 11.8 Å². The number of hydrogen-bond acceptors (Lipinski definition) is 3. The Balaban J connectivity index is 2.37. The van der Waals surface area contributed by atoms with Gasteiger partial charge < -0.3 is 4.74 Å². The second kappa shape index (κ2) is 8.89. The Bertz CT molecular complexity index is 320. The molecule has 1 aliphatic carbocycles. The van der Waals surface area contributed by atoms with Gasteiger partial charge in [-0.2, -0.15) is 0 Å². The molecule has 0 heterocycles. The van der Waals surface area contributed by atoms with Crippen LogP contribution in [0.1, 0.15) is 58.8 Å². The van der Waals surface area contributed by atoms with Gasteiger partial charge in [-0.3, -0.25) is 9.59 Å². The summed E-state index contributed by atoms with van der Waals surface area (Å²) in [7, 11) is 0. The third-order valence-corrected chi connectivity index (χ3v) is 3.81. The minimum Gasteiger partial charge on any atom is -0.466 e. The highest BCUT2D eigenvalue weighted by Gasteiger charge is 2.35. The van der Waals surface area contributed by atoms with Crippen LogP contribution in [0.2, 0.25) is 0 Å². The van der Waals surface area contributed by atoms with E-state index in [2.05, 4.69) is 13.0 Å². The molecule has 0 spiro atoms. The molecule has 3 nitrogen and oxygen atoms in total. The molecule has 1 fully saturated rings. The summed E-state index contributed by atoms with van der Waals surface area (Å²) in [6, 6.07) is 0. The van der Waals surface area contributed by atoms with E-state index in [4.69, 9.17) is 4.74 Å². The number of esters is 1. The maximum Gasteiger partial charge on any atom is 0.306 e. The molecular weight excluding hydrogens is 240 g/mol. The molecule has 19 heavy (non-hydrogen) atoms. The van der Waals surface area contributed by atoms with Gasteiger partial charge in [0.15, 0.2) is 0 Å². The first-order chi connectivity index (χ1) is 9.19. The van der Waals surface area contributed by atoms with Crippen LogP contribution < -0.4 is 0 Å². The lowest BCUT2D eigenvalue weighted by molar-refractivity contribution is -0.145. The molecule has 0 bridgehead atoms. The smallest absolute Gasteiger partial charge is 0.306 e. The van der Waals surface area contributed by atoms with Gasteiger partial charge in [0.1, 0.15) is 5.78 Å². The molecule has 0 aromatic carbocycles. The van der Waals surface area contributed by atoms with Crippen molar-refractivity contribution < 1.29 is 14.3 Å². The van der Waals surface area contributed by atoms with Gasteiger partial charge in [0.2, 0.25) is 0 Å². The molecule has 0 aromatic rings. The van der Waals surface area contributed by atoms with Crippen LogP contribution in [0.15, 0.2) is 12.2 Å². The number of carbonyl (C=O) groups is 2. The van der Waals surface area contributed by atoms with Crippen LogP contribution in [-0.2, 0) is 14.3 Å². The molecule has 0 radical (unpaired) electrons. The van der Waals surface area contributed by atoms with Crippen LogP contribution in [-0.4, -0.2) is 18.4 Å². The fraction of sp³-hybridized carbons (Fsp3) is 0.750. The van der Waals surface area contributed by atoms with Crippen molar-refractivity contribution in [1.29, 1.82) is 0 Å². The summed E-state index contributed by atoms with van der Waals surface area (Å²) in [5, 5.41) is 0. The number of hydrogen-bond donors (Lipinski definition) is 0. The van der Waals surface area contributed by atoms with E-state index in [9.17, 15) is 9.59 Å². The lowest BCUT2D eigenvalue weighted by Crippen LogP contribution is -2.19. The number of Topliss-reactive ketones (excluding diaryl/α,β-unsaturated/α-hetero) is 1. The second-order valence-electron chi connectivity index (χ2n) is 5.30. The fourth-order valence-electron chi connectivity index (χ4n) is 2.66. The average molecular weight is 266 g/mol. The van der Waals surface area contributed by atoms with E-state index in [0.717, 1.165) is 32.1 Å². The van der Waals surface area contributed by atoms with Crippen molar-refractivity contribution in [3.8, 4) is 0 Å². The Morgan fingerprint density at radius 1 is 1.47 bits per heavy atom. The van der Waals surface area contributed by atoms with Crippen molar-refractivity contribution in [2.45, 2.75) is 58.8 Å². The molecule has 1 rings (SSSR count). The highest BCUT2D eigenvalue weighted by molar-refractivity contribution is 5.84. The van der Waals surface area contributed by atoms with E-state index in [-0.39, 0.29) is 17.8 Å². The minimum atomic E-state index is -0.135. The molecule has 0 N–H and O–H groups in total. The van der Waals surface area contributed by atoms with E-state index in [1.807, 2.05) is 13.0 Å².